The third-order valence-corrected chi connectivity index (χ3v) is 2.83. The molecule has 0 amide bonds. The van der Waals surface area contributed by atoms with Crippen molar-refractivity contribution in [2.75, 3.05) is 7.05 Å². The smallest absolute Gasteiger partial charge is 0.0840 e. The molecular weight excluding hydrogens is 301 g/mol. The molecule has 0 fully saturated rings. The Morgan fingerprint density at radius 2 is 2.40 bits per heavy atom. The van der Waals surface area contributed by atoms with Crippen LogP contribution in [0.1, 0.15) is 5.69 Å². The molecule has 0 unspecified atom stereocenters. The first-order valence-electron chi connectivity index (χ1n) is 4.42. The van der Waals surface area contributed by atoms with Crippen molar-refractivity contribution in [3.63, 3.8) is 0 Å². The van der Waals surface area contributed by atoms with Crippen molar-refractivity contribution < 1.29 is 0 Å². The molecular formula is C11H12IN3. The van der Waals surface area contributed by atoms with E-state index in [-0.39, 0.29) is 0 Å². The normalized spacial score (nSPS) is 12.4. The Kier molecular flexibility index (Phi) is 5.03. The molecule has 0 bridgehead atoms. The van der Waals surface area contributed by atoms with Crippen molar-refractivity contribution >= 4 is 34.4 Å². The zero-order valence-corrected chi connectivity index (χ0v) is 10.6. The van der Waals surface area contributed by atoms with Gasteiger partial charge in [-0.25, -0.2) is 0 Å². The maximum atomic E-state index is 4.27. The molecule has 0 atom stereocenters. The van der Waals surface area contributed by atoms with Crippen LogP contribution in [0.2, 0.25) is 0 Å². The van der Waals surface area contributed by atoms with E-state index in [0.29, 0.717) is 0 Å². The Balaban J connectivity index is 3.13. The second-order valence-electron chi connectivity index (χ2n) is 2.65. The Morgan fingerprint density at radius 3 is 2.93 bits per heavy atom. The molecule has 1 N–H and O–H groups in total. The standard InChI is InChI=1S/C11H12IN3/c1-3-14-8-9(11(12)13-2)10-6-4-5-7-15-10/h3-8,13H,1H2,2H3/b11-9+,14-8?. The predicted molar refractivity (Wildman–Crippen MR) is 72.9 cm³/mol. The summed E-state index contributed by atoms with van der Waals surface area (Å²) in [5, 5.41) is 3.07. The van der Waals surface area contributed by atoms with Gasteiger partial charge >= 0.3 is 0 Å². The topological polar surface area (TPSA) is 37.3 Å². The van der Waals surface area contributed by atoms with Gasteiger partial charge in [0.1, 0.15) is 0 Å². The van der Waals surface area contributed by atoms with Gasteiger partial charge in [0.15, 0.2) is 0 Å². The van der Waals surface area contributed by atoms with E-state index in [2.05, 4.69) is 44.5 Å². The summed E-state index contributed by atoms with van der Waals surface area (Å²) in [6.45, 7) is 3.55. The monoisotopic (exact) mass is 313 g/mol. The summed E-state index contributed by atoms with van der Waals surface area (Å²) >= 11 is 2.21. The van der Waals surface area contributed by atoms with Gasteiger partial charge in [0.2, 0.25) is 0 Å². The Bertz CT molecular complexity index is 382. The maximum Gasteiger partial charge on any atom is 0.0840 e. The molecule has 0 aliphatic carbocycles. The number of allylic oxidation sites excluding steroid dienone is 1. The summed E-state index contributed by atoms with van der Waals surface area (Å²) < 4.78 is 0.997. The number of nitrogens with one attached hydrogen (secondary N) is 1. The molecule has 1 heterocycles. The molecule has 0 aliphatic heterocycles. The number of halogens is 1. The number of aliphatic imine (C=N–C) groups is 1. The quantitative estimate of drug-likeness (QED) is 0.527. The van der Waals surface area contributed by atoms with Gasteiger partial charge in [-0.1, -0.05) is 12.6 Å². The van der Waals surface area contributed by atoms with E-state index >= 15 is 0 Å². The highest BCUT2D eigenvalue weighted by Gasteiger charge is 2.04. The Hall–Kier alpha value is -1.17. The molecule has 1 aromatic heterocycles. The van der Waals surface area contributed by atoms with E-state index in [1.807, 2.05) is 25.2 Å². The summed E-state index contributed by atoms with van der Waals surface area (Å²) in [6.07, 6.45) is 5.01. The van der Waals surface area contributed by atoms with Crippen LogP contribution in [-0.2, 0) is 0 Å². The van der Waals surface area contributed by atoms with Gasteiger partial charge in [-0.15, -0.1) is 0 Å². The van der Waals surface area contributed by atoms with Crippen LogP contribution in [-0.4, -0.2) is 18.2 Å². The second kappa shape index (κ2) is 6.34. The Labute approximate surface area is 103 Å². The van der Waals surface area contributed by atoms with Crippen molar-refractivity contribution in [2.24, 2.45) is 4.99 Å². The first-order chi connectivity index (χ1) is 7.29. The Morgan fingerprint density at radius 1 is 1.60 bits per heavy atom. The summed E-state index contributed by atoms with van der Waals surface area (Å²) in [5.41, 5.74) is 1.85. The molecule has 0 spiro atoms. The van der Waals surface area contributed by atoms with Gasteiger partial charge < -0.3 is 5.32 Å². The number of hydrogen-bond acceptors (Lipinski definition) is 3. The molecule has 3 nitrogen and oxygen atoms in total. The largest absolute Gasteiger partial charge is 0.383 e. The fourth-order valence-corrected chi connectivity index (χ4v) is 1.43. The van der Waals surface area contributed by atoms with E-state index in [4.69, 9.17) is 0 Å². The molecule has 0 radical (unpaired) electrons. The number of pyridine rings is 1. The number of nitrogens with zero attached hydrogens (tertiary/aromatic N) is 2. The number of rotatable bonds is 4. The van der Waals surface area contributed by atoms with E-state index < -0.39 is 0 Å². The van der Waals surface area contributed by atoms with Crippen LogP contribution >= 0.6 is 22.6 Å². The van der Waals surface area contributed by atoms with Crippen LogP contribution < -0.4 is 5.32 Å². The lowest BCUT2D eigenvalue weighted by atomic mass is 10.2. The lowest BCUT2D eigenvalue weighted by Crippen LogP contribution is -2.04. The minimum atomic E-state index is 0.891. The van der Waals surface area contributed by atoms with Gasteiger partial charge in [-0.2, -0.15) is 0 Å². The fourth-order valence-electron chi connectivity index (χ4n) is 1.02. The molecule has 4 heteroatoms. The highest BCUT2D eigenvalue weighted by molar-refractivity contribution is 14.1. The van der Waals surface area contributed by atoms with E-state index in [1.54, 1.807) is 12.4 Å². The zero-order chi connectivity index (χ0) is 11.1. The average molecular weight is 313 g/mol. The molecule has 0 aromatic carbocycles. The number of hydrogen-bond donors (Lipinski definition) is 1. The van der Waals surface area contributed by atoms with Crippen LogP contribution in [0, 0.1) is 0 Å². The van der Waals surface area contributed by atoms with E-state index in [9.17, 15) is 0 Å². The predicted octanol–water partition coefficient (Wildman–Crippen LogP) is 2.62. The van der Waals surface area contributed by atoms with Gasteiger partial charge in [0.25, 0.3) is 0 Å². The van der Waals surface area contributed by atoms with Gasteiger partial charge in [-0.05, 0) is 34.7 Å². The van der Waals surface area contributed by atoms with Gasteiger partial charge in [0.05, 0.1) is 9.40 Å². The van der Waals surface area contributed by atoms with Gasteiger partial charge in [0, 0.05) is 31.2 Å². The summed E-state index contributed by atoms with van der Waals surface area (Å²) in [4.78, 5) is 8.29. The van der Waals surface area contributed by atoms with Crippen molar-refractivity contribution in [2.45, 2.75) is 0 Å². The fraction of sp³-hybridized carbons (Fsp3) is 0.0909. The van der Waals surface area contributed by atoms with Crippen molar-refractivity contribution in [3.05, 3.63) is 46.6 Å². The van der Waals surface area contributed by atoms with Crippen LogP contribution in [0.3, 0.4) is 0 Å². The van der Waals surface area contributed by atoms with Gasteiger partial charge in [-0.3, -0.25) is 9.98 Å². The van der Waals surface area contributed by atoms with E-state index in [1.165, 1.54) is 6.20 Å². The lowest BCUT2D eigenvalue weighted by molar-refractivity contribution is 1.09. The first kappa shape index (κ1) is 11.9. The van der Waals surface area contributed by atoms with Crippen LogP contribution in [0.15, 0.2) is 45.9 Å². The molecule has 15 heavy (non-hydrogen) atoms. The minimum Gasteiger partial charge on any atom is -0.383 e. The highest BCUT2D eigenvalue weighted by atomic mass is 127. The van der Waals surface area contributed by atoms with Crippen molar-refractivity contribution in [1.82, 2.24) is 10.3 Å². The van der Waals surface area contributed by atoms with Crippen molar-refractivity contribution in [1.29, 1.82) is 0 Å². The average Bonchev–Trinajstić information content (AvgIpc) is 2.30. The highest BCUT2D eigenvalue weighted by Crippen LogP contribution is 2.17. The first-order valence-corrected chi connectivity index (χ1v) is 5.50. The number of aromatic nitrogens is 1. The third-order valence-electron chi connectivity index (χ3n) is 1.71. The molecule has 0 saturated heterocycles. The second-order valence-corrected chi connectivity index (χ2v) is 3.73. The van der Waals surface area contributed by atoms with Crippen LogP contribution in [0.5, 0.6) is 0 Å². The molecule has 0 saturated carbocycles. The SMILES string of the molecule is C=CN=C/C(=C(/I)NC)c1ccccn1. The lowest BCUT2D eigenvalue weighted by Gasteiger charge is -2.04. The molecule has 78 valence electrons. The van der Waals surface area contributed by atoms with Crippen LogP contribution in [0.25, 0.3) is 5.57 Å². The third kappa shape index (κ3) is 3.47. The molecule has 1 aromatic rings. The summed E-state index contributed by atoms with van der Waals surface area (Å²) in [6, 6.07) is 5.78. The maximum absolute atomic E-state index is 4.27. The van der Waals surface area contributed by atoms with Crippen LogP contribution in [0.4, 0.5) is 0 Å². The summed E-state index contributed by atoms with van der Waals surface area (Å²) in [7, 11) is 1.87. The zero-order valence-electron chi connectivity index (χ0n) is 8.44. The van der Waals surface area contributed by atoms with E-state index in [0.717, 1.165) is 15.0 Å². The van der Waals surface area contributed by atoms with Crippen molar-refractivity contribution in [3.8, 4) is 0 Å². The molecule has 0 aliphatic rings. The minimum absolute atomic E-state index is 0.891. The molecule has 1 rings (SSSR count). The summed E-state index contributed by atoms with van der Waals surface area (Å²) in [5.74, 6) is 0.